The normalized spacial score (nSPS) is 15.4. The zero-order valence-electron chi connectivity index (χ0n) is 19.0. The fourth-order valence-corrected chi connectivity index (χ4v) is 5.14. The molecule has 0 unspecified atom stereocenters. The van der Waals surface area contributed by atoms with Gasteiger partial charge in [0.25, 0.3) is 0 Å². The Balaban J connectivity index is 1.46. The van der Waals surface area contributed by atoms with Crippen molar-refractivity contribution < 1.29 is 4.74 Å². The highest BCUT2D eigenvalue weighted by Crippen LogP contribution is 2.34. The zero-order chi connectivity index (χ0) is 21.8. The monoisotopic (exact) mass is 435 g/mol. The Hall–Kier alpha value is -2.21. The molecule has 1 saturated heterocycles. The topological polar surface area (TPSA) is 27.7 Å². The average Bonchev–Trinajstić information content (AvgIpc) is 2.79. The highest BCUT2D eigenvalue weighted by molar-refractivity contribution is 7.97. The van der Waals surface area contributed by atoms with E-state index in [0.717, 1.165) is 38.5 Å². The highest BCUT2D eigenvalue weighted by Gasteiger charge is 2.23. The van der Waals surface area contributed by atoms with Gasteiger partial charge in [-0.15, -0.1) is 0 Å². The van der Waals surface area contributed by atoms with Crippen molar-refractivity contribution >= 4 is 28.4 Å². The van der Waals surface area contributed by atoms with E-state index in [2.05, 4.69) is 96.1 Å². The molecule has 0 aromatic heterocycles. The van der Waals surface area contributed by atoms with E-state index >= 15 is 0 Å². The molecule has 3 aromatic carbocycles. The number of benzene rings is 3. The lowest BCUT2D eigenvalue weighted by Crippen LogP contribution is -2.44. The minimum Gasteiger partial charge on any atom is -0.495 e. The molecule has 0 amide bonds. The molecule has 0 spiro atoms. The number of nitrogens with one attached hydrogen (secondary N) is 1. The lowest BCUT2D eigenvalue weighted by atomic mass is 9.82. The van der Waals surface area contributed by atoms with Crippen molar-refractivity contribution in [2.75, 3.05) is 51.8 Å². The van der Waals surface area contributed by atoms with E-state index in [-0.39, 0.29) is 5.41 Å². The summed E-state index contributed by atoms with van der Waals surface area (Å²) in [6.07, 6.45) is 0. The van der Waals surface area contributed by atoms with Crippen molar-refractivity contribution in [2.24, 2.45) is 0 Å². The smallest absolute Gasteiger partial charge is 0.142 e. The number of methoxy groups -OCH3 is 1. The van der Waals surface area contributed by atoms with Gasteiger partial charge in [-0.2, -0.15) is 0 Å². The molecule has 0 saturated carbocycles. The van der Waals surface area contributed by atoms with Crippen LogP contribution in [0.15, 0.2) is 65.6 Å². The molecule has 1 heterocycles. The molecule has 5 heteroatoms. The number of nitrogens with zero attached hydrogens (tertiary/aromatic N) is 2. The number of ether oxygens (including phenoxy) is 1. The van der Waals surface area contributed by atoms with Crippen LogP contribution in [0.2, 0.25) is 0 Å². The summed E-state index contributed by atoms with van der Waals surface area (Å²) in [4.78, 5) is 6.02. The maximum absolute atomic E-state index is 5.65. The summed E-state index contributed by atoms with van der Waals surface area (Å²) in [6.45, 7) is 9.72. The van der Waals surface area contributed by atoms with Crippen LogP contribution in [0, 0.1) is 0 Å². The lowest BCUT2D eigenvalue weighted by Gasteiger charge is -2.35. The van der Waals surface area contributed by atoms with Gasteiger partial charge in [0, 0.05) is 43.0 Å². The van der Waals surface area contributed by atoms with Crippen molar-refractivity contribution in [3.63, 3.8) is 0 Å². The SMILES string of the molecule is COc1ccc(SNCC(C)(C)c2cccc3ccccc23)cc1N1CCN(C)CC1. The van der Waals surface area contributed by atoms with Gasteiger partial charge in [-0.25, -0.2) is 0 Å². The largest absolute Gasteiger partial charge is 0.495 e. The van der Waals surface area contributed by atoms with Crippen molar-refractivity contribution in [2.45, 2.75) is 24.2 Å². The van der Waals surface area contributed by atoms with Gasteiger partial charge in [0.05, 0.1) is 12.8 Å². The van der Waals surface area contributed by atoms with Crippen LogP contribution in [-0.2, 0) is 5.41 Å². The van der Waals surface area contributed by atoms with Gasteiger partial charge in [0.15, 0.2) is 0 Å². The van der Waals surface area contributed by atoms with Crippen LogP contribution >= 0.6 is 11.9 Å². The summed E-state index contributed by atoms with van der Waals surface area (Å²) in [7, 11) is 3.94. The Labute approximate surface area is 190 Å². The van der Waals surface area contributed by atoms with Crippen LogP contribution in [-0.4, -0.2) is 51.8 Å². The molecular weight excluding hydrogens is 402 g/mol. The minimum atomic E-state index is 0.0145. The number of piperazine rings is 1. The van der Waals surface area contributed by atoms with Crippen LogP contribution < -0.4 is 14.4 Å². The van der Waals surface area contributed by atoms with Crippen molar-refractivity contribution in [1.29, 1.82) is 0 Å². The molecular formula is C26H33N3OS. The molecule has 3 aromatic rings. The average molecular weight is 436 g/mol. The molecule has 1 aliphatic rings. The molecule has 164 valence electrons. The van der Waals surface area contributed by atoms with Gasteiger partial charge in [-0.3, -0.25) is 4.72 Å². The number of anilines is 1. The molecule has 0 atom stereocenters. The van der Waals surface area contributed by atoms with E-state index in [4.69, 9.17) is 4.74 Å². The second-order valence-corrected chi connectivity index (χ2v) is 9.92. The second-order valence-electron chi connectivity index (χ2n) is 8.96. The summed E-state index contributed by atoms with van der Waals surface area (Å²) in [5.41, 5.74) is 2.59. The standard InChI is InChI=1S/C26H33N3OS/c1-26(2,23-11-7-9-20-8-5-6-10-22(20)23)19-27-31-21-12-13-25(30-4)24(18-21)29-16-14-28(3)15-17-29/h5-13,18,27H,14-17,19H2,1-4H3. The summed E-state index contributed by atoms with van der Waals surface area (Å²) in [5.74, 6) is 0.949. The van der Waals surface area contributed by atoms with Gasteiger partial charge in [-0.05, 0) is 53.5 Å². The van der Waals surface area contributed by atoms with Gasteiger partial charge in [-0.1, -0.05) is 56.3 Å². The Bertz CT molecular complexity index is 1020. The fourth-order valence-electron chi connectivity index (χ4n) is 4.24. The molecule has 31 heavy (non-hydrogen) atoms. The number of hydrogen-bond acceptors (Lipinski definition) is 5. The summed E-state index contributed by atoms with van der Waals surface area (Å²) < 4.78 is 9.28. The maximum Gasteiger partial charge on any atom is 0.142 e. The van der Waals surface area contributed by atoms with Crippen LogP contribution in [0.4, 0.5) is 5.69 Å². The Morgan fingerprint density at radius 2 is 1.71 bits per heavy atom. The summed E-state index contributed by atoms with van der Waals surface area (Å²) in [5, 5.41) is 2.64. The van der Waals surface area contributed by atoms with Crippen LogP contribution in [0.25, 0.3) is 10.8 Å². The van der Waals surface area contributed by atoms with E-state index in [1.807, 2.05) is 0 Å². The first kappa shape index (κ1) is 22.0. The van der Waals surface area contributed by atoms with Crippen molar-refractivity contribution in [1.82, 2.24) is 9.62 Å². The molecule has 0 aliphatic carbocycles. The fraction of sp³-hybridized carbons (Fsp3) is 0.385. The van der Waals surface area contributed by atoms with E-state index in [9.17, 15) is 0 Å². The molecule has 1 aliphatic heterocycles. The van der Waals surface area contributed by atoms with E-state index in [0.29, 0.717) is 0 Å². The van der Waals surface area contributed by atoms with Gasteiger partial charge in [0.2, 0.25) is 0 Å². The van der Waals surface area contributed by atoms with Gasteiger partial charge in [0.1, 0.15) is 5.75 Å². The Morgan fingerprint density at radius 3 is 2.48 bits per heavy atom. The Kier molecular flexibility index (Phi) is 6.75. The zero-order valence-corrected chi connectivity index (χ0v) is 19.8. The minimum absolute atomic E-state index is 0.0145. The number of fused-ring (bicyclic) bond motifs is 1. The maximum atomic E-state index is 5.65. The highest BCUT2D eigenvalue weighted by atomic mass is 32.2. The first-order chi connectivity index (χ1) is 15.0. The molecule has 1 N–H and O–H groups in total. The number of hydrogen-bond donors (Lipinski definition) is 1. The van der Waals surface area contributed by atoms with Crippen LogP contribution in [0.1, 0.15) is 19.4 Å². The van der Waals surface area contributed by atoms with Crippen LogP contribution in [0.3, 0.4) is 0 Å². The molecule has 0 radical (unpaired) electrons. The predicted octanol–water partition coefficient (Wildman–Crippen LogP) is 5.17. The summed E-state index contributed by atoms with van der Waals surface area (Å²) in [6, 6.07) is 21.7. The number of rotatable bonds is 7. The third kappa shape index (κ3) is 5.00. The second kappa shape index (κ2) is 9.51. The molecule has 1 fully saturated rings. The van der Waals surface area contributed by atoms with Crippen molar-refractivity contribution in [3.8, 4) is 5.75 Å². The first-order valence-electron chi connectivity index (χ1n) is 11.0. The van der Waals surface area contributed by atoms with Gasteiger partial charge < -0.3 is 14.5 Å². The lowest BCUT2D eigenvalue weighted by molar-refractivity contribution is 0.311. The third-order valence-electron chi connectivity index (χ3n) is 6.22. The van der Waals surface area contributed by atoms with Crippen molar-refractivity contribution in [3.05, 3.63) is 66.2 Å². The number of likely N-dealkylation sites (N-methyl/N-ethyl adjacent to an activating group) is 1. The molecule has 0 bridgehead atoms. The molecule has 4 nitrogen and oxygen atoms in total. The van der Waals surface area contributed by atoms with E-state index in [1.165, 1.54) is 26.9 Å². The third-order valence-corrected chi connectivity index (χ3v) is 7.00. The van der Waals surface area contributed by atoms with E-state index < -0.39 is 0 Å². The Morgan fingerprint density at radius 1 is 0.968 bits per heavy atom. The first-order valence-corrected chi connectivity index (χ1v) is 11.8. The predicted molar refractivity (Wildman–Crippen MR) is 134 cm³/mol. The van der Waals surface area contributed by atoms with E-state index in [1.54, 1.807) is 19.1 Å². The van der Waals surface area contributed by atoms with Gasteiger partial charge >= 0.3 is 0 Å². The quantitative estimate of drug-likeness (QED) is 0.517. The van der Waals surface area contributed by atoms with Crippen LogP contribution in [0.5, 0.6) is 5.75 Å². The summed E-state index contributed by atoms with van der Waals surface area (Å²) >= 11 is 1.70. The molecule has 4 rings (SSSR count).